The second-order valence-corrected chi connectivity index (χ2v) is 9.30. The van der Waals surface area contributed by atoms with Crippen molar-refractivity contribution in [3.8, 4) is 11.4 Å². The number of nitrogens with zero attached hydrogens (tertiary/aromatic N) is 3. The fraction of sp³-hybridized carbons (Fsp3) is 0.346. The molecule has 0 aliphatic carbocycles. The van der Waals surface area contributed by atoms with Gasteiger partial charge in [-0.3, -0.25) is 9.78 Å². The molecule has 1 aliphatic heterocycles. The molecule has 9 heteroatoms. The number of rotatable bonds is 8. The van der Waals surface area contributed by atoms with Crippen LogP contribution in [0.1, 0.15) is 47.6 Å². The summed E-state index contributed by atoms with van der Waals surface area (Å²) in [7, 11) is 3.06. The highest BCUT2D eigenvalue weighted by Gasteiger charge is 2.41. The van der Waals surface area contributed by atoms with Gasteiger partial charge in [-0.15, -0.1) is 0 Å². The van der Waals surface area contributed by atoms with Crippen LogP contribution >= 0.6 is 23.8 Å². The molecule has 1 aliphatic rings. The molecule has 184 valence electrons. The predicted molar refractivity (Wildman–Crippen MR) is 140 cm³/mol. The lowest BCUT2D eigenvalue weighted by atomic mass is 9.96. The second-order valence-electron chi connectivity index (χ2n) is 8.48. The third-order valence-corrected chi connectivity index (χ3v) is 6.96. The zero-order valence-electron chi connectivity index (χ0n) is 20.2. The molecule has 0 amide bonds. The number of benzene rings is 1. The minimum atomic E-state index is -0.230. The van der Waals surface area contributed by atoms with Crippen LogP contribution in [0.15, 0.2) is 48.7 Å². The van der Waals surface area contributed by atoms with Crippen LogP contribution in [0.3, 0.4) is 0 Å². The Balaban J connectivity index is 1.79. The minimum Gasteiger partial charge on any atom is -0.495 e. The van der Waals surface area contributed by atoms with Gasteiger partial charge in [0.1, 0.15) is 5.75 Å². The molecule has 7 nitrogen and oxygen atoms in total. The Hall–Kier alpha value is -3.10. The van der Waals surface area contributed by atoms with Crippen LogP contribution in [0.2, 0.25) is 5.02 Å². The van der Waals surface area contributed by atoms with Crippen LogP contribution in [0.5, 0.6) is 5.75 Å². The number of halogens is 1. The summed E-state index contributed by atoms with van der Waals surface area (Å²) in [5, 5.41) is 4.75. The van der Waals surface area contributed by atoms with E-state index in [0.29, 0.717) is 29.5 Å². The highest BCUT2D eigenvalue weighted by atomic mass is 35.5. The molecular weight excluding hydrogens is 484 g/mol. The number of thiocarbonyl (C=S) groups is 1. The monoisotopic (exact) mass is 512 g/mol. The average Bonchev–Trinajstić information content (AvgIpc) is 3.34. The summed E-state index contributed by atoms with van der Waals surface area (Å²) in [4.78, 5) is 18.5. The molecule has 0 bridgehead atoms. The number of hydrogen-bond donors (Lipinski definition) is 1. The smallest absolute Gasteiger partial charge is 0.305 e. The summed E-state index contributed by atoms with van der Waals surface area (Å²) in [6, 6.07) is 13.4. The van der Waals surface area contributed by atoms with E-state index >= 15 is 0 Å². The predicted octanol–water partition coefficient (Wildman–Crippen LogP) is 5.08. The van der Waals surface area contributed by atoms with Gasteiger partial charge in [-0.1, -0.05) is 17.7 Å². The van der Waals surface area contributed by atoms with E-state index in [4.69, 9.17) is 33.3 Å². The summed E-state index contributed by atoms with van der Waals surface area (Å²) in [6.07, 6.45) is 2.74. The number of ether oxygens (including phenoxy) is 2. The Morgan fingerprint density at radius 3 is 2.69 bits per heavy atom. The van der Waals surface area contributed by atoms with Gasteiger partial charge in [-0.05, 0) is 74.4 Å². The van der Waals surface area contributed by atoms with Crippen LogP contribution in [-0.4, -0.2) is 46.3 Å². The quantitative estimate of drug-likeness (QED) is 0.333. The zero-order valence-corrected chi connectivity index (χ0v) is 21.8. The number of nitrogens with one attached hydrogen (secondary N) is 1. The summed E-state index contributed by atoms with van der Waals surface area (Å²) < 4.78 is 12.6. The summed E-state index contributed by atoms with van der Waals surface area (Å²) in [5.74, 6) is 0.506. The fourth-order valence-corrected chi connectivity index (χ4v) is 5.27. The molecule has 3 aromatic rings. The van der Waals surface area contributed by atoms with E-state index in [9.17, 15) is 4.79 Å². The number of hydrogen-bond acceptors (Lipinski definition) is 5. The topological polar surface area (TPSA) is 68.6 Å². The maximum Gasteiger partial charge on any atom is 0.305 e. The van der Waals surface area contributed by atoms with E-state index in [1.807, 2.05) is 36.4 Å². The van der Waals surface area contributed by atoms with Crippen molar-refractivity contribution in [3.05, 3.63) is 76.3 Å². The van der Waals surface area contributed by atoms with Gasteiger partial charge in [0.25, 0.3) is 0 Å². The molecule has 0 spiro atoms. The summed E-state index contributed by atoms with van der Waals surface area (Å²) in [6.45, 7) is 4.76. The van der Waals surface area contributed by atoms with E-state index in [2.05, 4.69) is 39.7 Å². The van der Waals surface area contributed by atoms with Gasteiger partial charge >= 0.3 is 5.97 Å². The SMILES string of the molecule is COC(=O)CCCN1C(=S)N[C@@H](c2ccccn2)[C@H]1c1cc(C)n(-c2cc(Cl)ccc2OC)c1C. The number of carbonyl (C=O) groups is 1. The van der Waals surface area contributed by atoms with Crippen molar-refractivity contribution in [1.82, 2.24) is 19.8 Å². The first-order valence-corrected chi connectivity index (χ1v) is 12.2. The van der Waals surface area contributed by atoms with Crippen molar-refractivity contribution < 1.29 is 14.3 Å². The molecule has 2 atom stereocenters. The van der Waals surface area contributed by atoms with Crippen molar-refractivity contribution in [2.24, 2.45) is 0 Å². The Bertz CT molecular complexity index is 1230. The molecule has 4 rings (SSSR count). The lowest BCUT2D eigenvalue weighted by Crippen LogP contribution is -2.31. The normalized spacial score (nSPS) is 17.4. The molecule has 0 unspecified atom stereocenters. The highest BCUT2D eigenvalue weighted by Crippen LogP contribution is 2.42. The minimum absolute atomic E-state index is 0.111. The second kappa shape index (κ2) is 10.7. The van der Waals surface area contributed by atoms with Gasteiger partial charge in [0, 0.05) is 35.6 Å². The number of methoxy groups -OCH3 is 2. The first kappa shape index (κ1) is 25.0. The van der Waals surface area contributed by atoms with Crippen LogP contribution in [0.4, 0.5) is 0 Å². The van der Waals surface area contributed by atoms with Crippen molar-refractivity contribution in [3.63, 3.8) is 0 Å². The van der Waals surface area contributed by atoms with Crippen molar-refractivity contribution in [2.75, 3.05) is 20.8 Å². The zero-order chi connectivity index (χ0) is 25.1. The summed E-state index contributed by atoms with van der Waals surface area (Å²) >= 11 is 12.1. The van der Waals surface area contributed by atoms with Crippen LogP contribution < -0.4 is 10.1 Å². The first-order chi connectivity index (χ1) is 16.8. The lowest BCUT2D eigenvalue weighted by Gasteiger charge is -2.28. The number of esters is 1. The van der Waals surface area contributed by atoms with Crippen molar-refractivity contribution in [2.45, 2.75) is 38.8 Å². The van der Waals surface area contributed by atoms with Gasteiger partial charge in [-0.25, -0.2) is 0 Å². The first-order valence-electron chi connectivity index (χ1n) is 11.4. The molecule has 1 N–H and O–H groups in total. The Labute approximate surface area is 216 Å². The van der Waals surface area contributed by atoms with E-state index in [-0.39, 0.29) is 18.1 Å². The van der Waals surface area contributed by atoms with E-state index < -0.39 is 0 Å². The molecule has 1 fully saturated rings. The third kappa shape index (κ3) is 4.99. The standard InChI is InChI=1S/C26H29ClN4O3S/c1-16-14-19(17(2)31(16)21-15-18(27)10-11-22(21)33-3)25-24(20-8-5-6-12-28-20)29-26(35)30(25)13-7-9-23(32)34-4/h5-6,8,10-12,14-15,24-25H,7,9,13H2,1-4H3,(H,29,35)/t24-,25+/m0/s1. The molecule has 2 aromatic heterocycles. The van der Waals surface area contributed by atoms with Crippen LogP contribution in [0, 0.1) is 13.8 Å². The number of aromatic nitrogens is 2. The molecule has 1 aromatic carbocycles. The number of pyridine rings is 1. The largest absolute Gasteiger partial charge is 0.495 e. The molecule has 0 radical (unpaired) electrons. The van der Waals surface area contributed by atoms with Gasteiger partial charge in [0.15, 0.2) is 5.11 Å². The lowest BCUT2D eigenvalue weighted by molar-refractivity contribution is -0.140. The molecule has 3 heterocycles. The van der Waals surface area contributed by atoms with E-state index in [0.717, 1.165) is 34.1 Å². The van der Waals surface area contributed by atoms with Gasteiger partial charge in [0.2, 0.25) is 0 Å². The molecule has 0 saturated carbocycles. The van der Waals surface area contributed by atoms with Crippen molar-refractivity contribution in [1.29, 1.82) is 0 Å². The molecule has 35 heavy (non-hydrogen) atoms. The number of aryl methyl sites for hydroxylation is 1. The van der Waals surface area contributed by atoms with Crippen LogP contribution in [-0.2, 0) is 9.53 Å². The highest BCUT2D eigenvalue weighted by molar-refractivity contribution is 7.80. The maximum atomic E-state index is 11.7. The third-order valence-electron chi connectivity index (χ3n) is 6.38. The van der Waals surface area contributed by atoms with Crippen LogP contribution in [0.25, 0.3) is 5.69 Å². The fourth-order valence-electron chi connectivity index (χ4n) is 4.78. The average molecular weight is 513 g/mol. The van der Waals surface area contributed by atoms with E-state index in [1.54, 1.807) is 13.3 Å². The Morgan fingerprint density at radius 2 is 2.00 bits per heavy atom. The van der Waals surface area contributed by atoms with E-state index in [1.165, 1.54) is 7.11 Å². The van der Waals surface area contributed by atoms with Gasteiger partial charge in [0.05, 0.1) is 37.7 Å². The number of carbonyl (C=O) groups excluding carboxylic acids is 1. The Kier molecular flexibility index (Phi) is 7.62. The Morgan fingerprint density at radius 1 is 1.20 bits per heavy atom. The molecular formula is C26H29ClN4O3S. The van der Waals surface area contributed by atoms with Crippen molar-refractivity contribution >= 4 is 34.9 Å². The van der Waals surface area contributed by atoms with Gasteiger partial charge < -0.3 is 24.3 Å². The summed E-state index contributed by atoms with van der Waals surface area (Å²) in [5.41, 5.74) is 5.00. The maximum absolute atomic E-state index is 11.7. The van der Waals surface area contributed by atoms with Gasteiger partial charge in [-0.2, -0.15) is 0 Å². The molecule has 1 saturated heterocycles.